The highest BCUT2D eigenvalue weighted by molar-refractivity contribution is 5.84. The molecular formula is C20H23FN6O2. The third-order valence-electron chi connectivity index (χ3n) is 5.09. The van der Waals surface area contributed by atoms with E-state index in [0.29, 0.717) is 55.9 Å². The largest absolute Gasteiger partial charge is 0.354 e. The molecule has 9 heteroatoms. The fourth-order valence-corrected chi connectivity index (χ4v) is 3.41. The Balaban J connectivity index is 1.18. The molecule has 0 saturated carbocycles. The van der Waals surface area contributed by atoms with E-state index >= 15 is 0 Å². The van der Waals surface area contributed by atoms with Gasteiger partial charge in [-0.3, -0.25) is 14.3 Å². The van der Waals surface area contributed by atoms with Gasteiger partial charge in [-0.05, 0) is 31.2 Å². The van der Waals surface area contributed by atoms with Gasteiger partial charge in [0.15, 0.2) is 0 Å². The number of imidazole rings is 1. The summed E-state index contributed by atoms with van der Waals surface area (Å²) >= 11 is 0. The lowest BCUT2D eigenvalue weighted by molar-refractivity contribution is -0.143. The SMILES string of the molecule is Cc1ccn(CCNC(=O)C2CN(C(=O)CCc3nc4ccc(F)cc4[nH]3)C2)n1. The lowest BCUT2D eigenvalue weighted by Gasteiger charge is -2.38. The van der Waals surface area contributed by atoms with Gasteiger partial charge in [0.05, 0.1) is 29.2 Å². The second kappa shape index (κ2) is 8.02. The van der Waals surface area contributed by atoms with Crippen LogP contribution in [-0.4, -0.2) is 56.1 Å². The van der Waals surface area contributed by atoms with Crippen molar-refractivity contribution in [3.05, 3.63) is 47.8 Å². The zero-order chi connectivity index (χ0) is 20.4. The van der Waals surface area contributed by atoms with E-state index in [0.717, 1.165) is 5.69 Å². The van der Waals surface area contributed by atoms with Crippen LogP contribution < -0.4 is 5.32 Å². The van der Waals surface area contributed by atoms with Crippen LogP contribution >= 0.6 is 0 Å². The Bertz CT molecular complexity index is 1040. The Morgan fingerprint density at radius 3 is 2.90 bits per heavy atom. The number of nitrogens with zero attached hydrogens (tertiary/aromatic N) is 4. The van der Waals surface area contributed by atoms with Crippen molar-refractivity contribution in [1.29, 1.82) is 0 Å². The van der Waals surface area contributed by atoms with Crippen LogP contribution in [0.4, 0.5) is 4.39 Å². The van der Waals surface area contributed by atoms with E-state index in [9.17, 15) is 14.0 Å². The van der Waals surface area contributed by atoms with Crippen molar-refractivity contribution < 1.29 is 14.0 Å². The zero-order valence-electron chi connectivity index (χ0n) is 16.2. The summed E-state index contributed by atoms with van der Waals surface area (Å²) in [6, 6.07) is 6.28. The molecule has 1 fully saturated rings. The van der Waals surface area contributed by atoms with Crippen LogP contribution in [0.1, 0.15) is 17.9 Å². The van der Waals surface area contributed by atoms with E-state index in [1.54, 1.807) is 15.6 Å². The Morgan fingerprint density at radius 1 is 1.31 bits per heavy atom. The highest BCUT2D eigenvalue weighted by atomic mass is 19.1. The maximum atomic E-state index is 13.2. The molecule has 2 aromatic heterocycles. The number of carbonyl (C=O) groups is 2. The molecule has 2 N–H and O–H groups in total. The van der Waals surface area contributed by atoms with Gasteiger partial charge in [-0.15, -0.1) is 0 Å². The number of hydrogen-bond acceptors (Lipinski definition) is 4. The van der Waals surface area contributed by atoms with Crippen molar-refractivity contribution in [3.8, 4) is 0 Å². The summed E-state index contributed by atoms with van der Waals surface area (Å²) in [4.78, 5) is 33.6. The van der Waals surface area contributed by atoms with Crippen molar-refractivity contribution in [1.82, 2.24) is 30.0 Å². The molecule has 3 aromatic rings. The normalized spacial score (nSPS) is 14.2. The zero-order valence-corrected chi connectivity index (χ0v) is 16.2. The Labute approximate surface area is 167 Å². The lowest BCUT2D eigenvalue weighted by Crippen LogP contribution is -2.56. The first-order valence-electron chi connectivity index (χ1n) is 9.67. The molecular weight excluding hydrogens is 375 g/mol. The number of H-pyrrole nitrogens is 1. The number of aromatic amines is 1. The summed E-state index contributed by atoms with van der Waals surface area (Å²) < 4.78 is 15.0. The van der Waals surface area contributed by atoms with Crippen LogP contribution in [0, 0.1) is 18.7 Å². The highest BCUT2D eigenvalue weighted by Crippen LogP contribution is 2.18. The molecule has 3 heterocycles. The van der Waals surface area contributed by atoms with Gasteiger partial charge in [0, 0.05) is 38.7 Å². The van der Waals surface area contributed by atoms with Crippen LogP contribution in [0.15, 0.2) is 30.5 Å². The van der Waals surface area contributed by atoms with Crippen LogP contribution in [0.5, 0.6) is 0 Å². The predicted octanol–water partition coefficient (Wildman–Crippen LogP) is 1.41. The molecule has 152 valence electrons. The molecule has 1 aliphatic heterocycles. The average molecular weight is 398 g/mol. The van der Waals surface area contributed by atoms with E-state index in [1.165, 1.54) is 12.1 Å². The standard InChI is InChI=1S/C20H23FN6O2/c1-13-6-8-27(25-13)9-7-22-20(29)14-11-26(12-14)19(28)5-4-18-23-16-3-2-15(21)10-17(16)24-18/h2-3,6,8,10,14H,4-5,7,9,11-12H2,1H3,(H,22,29)(H,23,24). The minimum atomic E-state index is -0.326. The first-order chi connectivity index (χ1) is 14.0. The Morgan fingerprint density at radius 2 is 2.14 bits per heavy atom. The van der Waals surface area contributed by atoms with Gasteiger partial charge < -0.3 is 15.2 Å². The fourth-order valence-electron chi connectivity index (χ4n) is 3.41. The van der Waals surface area contributed by atoms with E-state index in [-0.39, 0.29) is 23.5 Å². The number of nitrogens with one attached hydrogen (secondary N) is 2. The number of aromatic nitrogens is 4. The summed E-state index contributed by atoms with van der Waals surface area (Å²) in [5.74, 6) is 0.133. The van der Waals surface area contributed by atoms with E-state index in [4.69, 9.17) is 0 Å². The van der Waals surface area contributed by atoms with Crippen LogP contribution in [0.25, 0.3) is 11.0 Å². The molecule has 1 aromatic carbocycles. The highest BCUT2D eigenvalue weighted by Gasteiger charge is 2.35. The van der Waals surface area contributed by atoms with Crippen molar-refractivity contribution in [3.63, 3.8) is 0 Å². The first kappa shape index (κ1) is 19.1. The van der Waals surface area contributed by atoms with Gasteiger partial charge in [-0.1, -0.05) is 0 Å². The summed E-state index contributed by atoms with van der Waals surface area (Å²) in [6.45, 7) is 3.93. The smallest absolute Gasteiger partial charge is 0.226 e. The number of rotatable bonds is 7. The summed E-state index contributed by atoms with van der Waals surface area (Å²) in [5, 5.41) is 7.17. The maximum absolute atomic E-state index is 13.2. The molecule has 1 saturated heterocycles. The Kier molecular flexibility index (Phi) is 5.28. The van der Waals surface area contributed by atoms with Crippen molar-refractivity contribution in [2.24, 2.45) is 5.92 Å². The quantitative estimate of drug-likeness (QED) is 0.629. The van der Waals surface area contributed by atoms with Gasteiger partial charge in [-0.25, -0.2) is 9.37 Å². The molecule has 0 aliphatic carbocycles. The monoisotopic (exact) mass is 398 g/mol. The maximum Gasteiger partial charge on any atom is 0.226 e. The van der Waals surface area contributed by atoms with Gasteiger partial charge in [-0.2, -0.15) is 5.10 Å². The third kappa shape index (κ3) is 4.44. The molecule has 0 radical (unpaired) electrons. The number of amides is 2. The van der Waals surface area contributed by atoms with Crippen LogP contribution in [0.2, 0.25) is 0 Å². The van der Waals surface area contributed by atoms with Gasteiger partial charge >= 0.3 is 0 Å². The second-order valence-electron chi connectivity index (χ2n) is 7.35. The molecule has 0 spiro atoms. The van der Waals surface area contributed by atoms with E-state index < -0.39 is 0 Å². The van der Waals surface area contributed by atoms with Crippen molar-refractivity contribution in [2.45, 2.75) is 26.3 Å². The van der Waals surface area contributed by atoms with E-state index in [2.05, 4.69) is 20.4 Å². The number of aryl methyl sites for hydroxylation is 2. The summed E-state index contributed by atoms with van der Waals surface area (Å²) in [5.41, 5.74) is 2.25. The molecule has 2 amide bonds. The minimum absolute atomic E-state index is 0.00676. The lowest BCUT2D eigenvalue weighted by atomic mass is 9.98. The first-order valence-corrected chi connectivity index (χ1v) is 9.67. The number of likely N-dealkylation sites (tertiary alicyclic amines) is 1. The van der Waals surface area contributed by atoms with Crippen molar-refractivity contribution in [2.75, 3.05) is 19.6 Å². The number of fused-ring (bicyclic) bond motifs is 1. The fraction of sp³-hybridized carbons (Fsp3) is 0.400. The average Bonchev–Trinajstić information content (AvgIpc) is 3.24. The number of halogens is 1. The molecule has 0 bridgehead atoms. The molecule has 8 nitrogen and oxygen atoms in total. The minimum Gasteiger partial charge on any atom is -0.354 e. The molecule has 1 aliphatic rings. The number of hydrogen-bond donors (Lipinski definition) is 2. The molecule has 0 unspecified atom stereocenters. The third-order valence-corrected chi connectivity index (χ3v) is 5.09. The molecule has 29 heavy (non-hydrogen) atoms. The van der Waals surface area contributed by atoms with Crippen LogP contribution in [0.3, 0.4) is 0 Å². The van der Waals surface area contributed by atoms with Gasteiger partial charge in [0.2, 0.25) is 11.8 Å². The molecule has 4 rings (SSSR count). The second-order valence-corrected chi connectivity index (χ2v) is 7.35. The van der Waals surface area contributed by atoms with E-state index in [1.807, 2.05) is 19.2 Å². The predicted molar refractivity (Wildman–Crippen MR) is 104 cm³/mol. The summed E-state index contributed by atoms with van der Waals surface area (Å²) in [7, 11) is 0. The summed E-state index contributed by atoms with van der Waals surface area (Å²) in [6.07, 6.45) is 2.63. The Hall–Kier alpha value is -3.23. The topological polar surface area (TPSA) is 95.9 Å². The van der Waals surface area contributed by atoms with Crippen LogP contribution in [-0.2, 0) is 22.6 Å². The van der Waals surface area contributed by atoms with Gasteiger partial charge in [0.25, 0.3) is 0 Å². The number of carbonyl (C=O) groups excluding carboxylic acids is 2. The number of benzene rings is 1. The molecule has 0 atom stereocenters. The van der Waals surface area contributed by atoms with Crippen molar-refractivity contribution >= 4 is 22.8 Å². The van der Waals surface area contributed by atoms with Gasteiger partial charge in [0.1, 0.15) is 11.6 Å².